The smallest absolute Gasteiger partial charge is 0.248 e. The quantitative estimate of drug-likeness (QED) is 0.570. The van der Waals surface area contributed by atoms with Crippen LogP contribution in [-0.4, -0.2) is 4.98 Å². The van der Waals surface area contributed by atoms with E-state index < -0.39 is 6.43 Å². The third kappa shape index (κ3) is 2.14. The molecule has 2 nitrogen and oxygen atoms in total. The Kier molecular flexibility index (Phi) is 3.55. The summed E-state index contributed by atoms with van der Waals surface area (Å²) in [7, 11) is 0. The minimum atomic E-state index is -2.67. The average Bonchev–Trinajstić information content (AvgIpc) is 2.07. The van der Waals surface area contributed by atoms with E-state index in [9.17, 15) is 8.78 Å². The fourth-order valence-electron chi connectivity index (χ4n) is 0.798. The Labute approximate surface area is 95.2 Å². The van der Waals surface area contributed by atoms with Gasteiger partial charge in [0.05, 0.1) is 11.1 Å². The first-order valence-corrected chi connectivity index (χ1v) is 4.97. The van der Waals surface area contributed by atoms with E-state index in [0.29, 0.717) is 3.70 Å². The zero-order chi connectivity index (χ0) is 10.0. The van der Waals surface area contributed by atoms with E-state index in [0.717, 1.165) is 0 Å². The molecule has 0 aliphatic heterocycles. The molecule has 68 valence electrons. The average molecular weight is 359 g/mol. The van der Waals surface area contributed by atoms with E-state index in [1.165, 1.54) is 6.20 Å². The third-order valence-corrected chi connectivity index (χ3v) is 2.80. The fourth-order valence-corrected chi connectivity index (χ4v) is 1.82. The molecule has 0 atom stereocenters. The van der Waals surface area contributed by atoms with Crippen molar-refractivity contribution < 1.29 is 8.78 Å². The number of nitriles is 1. The largest absolute Gasteiger partial charge is 0.266 e. The van der Waals surface area contributed by atoms with Crippen molar-refractivity contribution in [3.8, 4) is 6.07 Å². The number of rotatable bonds is 1. The van der Waals surface area contributed by atoms with E-state index in [-0.39, 0.29) is 15.6 Å². The highest BCUT2D eigenvalue weighted by molar-refractivity contribution is 14.1. The first-order valence-electron chi connectivity index (χ1n) is 3.10. The standard InChI is InChI=1S/C7H2BrF2IN2/c8-4-2-13-7(11)3(1-12)5(4)6(9)10/h2,6H. The predicted molar refractivity (Wildman–Crippen MR) is 54.3 cm³/mol. The molecule has 0 unspecified atom stereocenters. The van der Waals surface area contributed by atoms with Crippen molar-refractivity contribution >= 4 is 38.5 Å². The molecule has 0 radical (unpaired) electrons. The highest BCUT2D eigenvalue weighted by Crippen LogP contribution is 2.31. The maximum Gasteiger partial charge on any atom is 0.266 e. The topological polar surface area (TPSA) is 36.7 Å². The molecule has 0 aliphatic carbocycles. The molecule has 1 aromatic heterocycles. The van der Waals surface area contributed by atoms with Gasteiger partial charge in [-0.1, -0.05) is 0 Å². The molecule has 1 heterocycles. The Morgan fingerprint density at radius 1 is 1.62 bits per heavy atom. The number of hydrogen-bond acceptors (Lipinski definition) is 2. The first-order chi connectivity index (χ1) is 6.07. The van der Waals surface area contributed by atoms with Gasteiger partial charge in [-0.3, -0.25) is 0 Å². The molecule has 0 saturated heterocycles. The molecule has 1 rings (SSSR count). The van der Waals surface area contributed by atoms with Gasteiger partial charge in [0.15, 0.2) is 0 Å². The van der Waals surface area contributed by atoms with Crippen LogP contribution in [0.2, 0.25) is 0 Å². The summed E-state index contributed by atoms with van der Waals surface area (Å²) in [6.45, 7) is 0. The second kappa shape index (κ2) is 4.28. The van der Waals surface area contributed by atoms with Crippen LogP contribution in [0.3, 0.4) is 0 Å². The van der Waals surface area contributed by atoms with Gasteiger partial charge in [-0.2, -0.15) is 5.26 Å². The summed E-state index contributed by atoms with van der Waals surface area (Å²) < 4.78 is 25.3. The highest BCUT2D eigenvalue weighted by Gasteiger charge is 2.19. The lowest BCUT2D eigenvalue weighted by Crippen LogP contribution is -1.97. The molecule has 0 fully saturated rings. The van der Waals surface area contributed by atoms with Crippen LogP contribution in [0.15, 0.2) is 10.7 Å². The monoisotopic (exact) mass is 358 g/mol. The van der Waals surface area contributed by atoms with Crippen LogP contribution in [0.1, 0.15) is 17.6 Å². The maximum atomic E-state index is 12.4. The van der Waals surface area contributed by atoms with Crippen LogP contribution in [0.25, 0.3) is 0 Å². The summed E-state index contributed by atoms with van der Waals surface area (Å²) in [4.78, 5) is 3.78. The van der Waals surface area contributed by atoms with E-state index in [1.54, 1.807) is 28.7 Å². The predicted octanol–water partition coefficient (Wildman–Crippen LogP) is 3.26. The van der Waals surface area contributed by atoms with Gasteiger partial charge in [-0.25, -0.2) is 13.8 Å². The molecule has 0 bridgehead atoms. The number of nitrogens with zero attached hydrogens (tertiary/aromatic N) is 2. The molecule has 0 aliphatic rings. The van der Waals surface area contributed by atoms with Crippen molar-refractivity contribution in [2.24, 2.45) is 0 Å². The lowest BCUT2D eigenvalue weighted by Gasteiger charge is -2.05. The molecule has 6 heteroatoms. The van der Waals surface area contributed by atoms with Gasteiger partial charge in [-0.15, -0.1) is 0 Å². The molecule has 0 N–H and O–H groups in total. The number of hydrogen-bond donors (Lipinski definition) is 0. The van der Waals surface area contributed by atoms with E-state index >= 15 is 0 Å². The van der Waals surface area contributed by atoms with Gasteiger partial charge in [-0.05, 0) is 38.5 Å². The van der Waals surface area contributed by atoms with Gasteiger partial charge in [0.2, 0.25) is 0 Å². The summed E-state index contributed by atoms with van der Waals surface area (Å²) in [6, 6.07) is 1.71. The summed E-state index contributed by atoms with van der Waals surface area (Å²) in [6.07, 6.45) is -1.40. The Hall–Kier alpha value is -0.290. The zero-order valence-electron chi connectivity index (χ0n) is 6.06. The number of aromatic nitrogens is 1. The van der Waals surface area contributed by atoms with Crippen molar-refractivity contribution in [3.05, 3.63) is 25.5 Å². The molecule has 0 spiro atoms. The summed E-state index contributed by atoms with van der Waals surface area (Å²) in [5.74, 6) is 0. The van der Waals surface area contributed by atoms with Crippen LogP contribution < -0.4 is 0 Å². The second-order valence-electron chi connectivity index (χ2n) is 2.10. The molecular weight excluding hydrogens is 357 g/mol. The molecule has 0 aromatic carbocycles. The summed E-state index contributed by atoms with van der Waals surface area (Å²) in [5.41, 5.74) is -0.355. The molecule has 13 heavy (non-hydrogen) atoms. The van der Waals surface area contributed by atoms with Crippen molar-refractivity contribution in [2.45, 2.75) is 6.43 Å². The SMILES string of the molecule is N#Cc1c(I)ncc(Br)c1C(F)F. The van der Waals surface area contributed by atoms with Crippen molar-refractivity contribution in [2.75, 3.05) is 0 Å². The van der Waals surface area contributed by atoms with Crippen molar-refractivity contribution in [1.29, 1.82) is 5.26 Å². The van der Waals surface area contributed by atoms with Crippen LogP contribution in [0, 0.1) is 15.0 Å². The van der Waals surface area contributed by atoms with Gasteiger partial charge >= 0.3 is 0 Å². The normalized spacial score (nSPS) is 10.2. The van der Waals surface area contributed by atoms with Gasteiger partial charge in [0.1, 0.15) is 9.77 Å². The second-order valence-corrected chi connectivity index (χ2v) is 3.97. The van der Waals surface area contributed by atoms with Crippen molar-refractivity contribution in [3.63, 3.8) is 0 Å². The molecular formula is C7H2BrF2IN2. The van der Waals surface area contributed by atoms with Crippen LogP contribution in [0.5, 0.6) is 0 Å². The summed E-state index contributed by atoms with van der Waals surface area (Å²) >= 11 is 4.67. The van der Waals surface area contributed by atoms with E-state index in [2.05, 4.69) is 20.9 Å². The third-order valence-electron chi connectivity index (χ3n) is 1.35. The lowest BCUT2D eigenvalue weighted by molar-refractivity contribution is 0.150. The van der Waals surface area contributed by atoms with Gasteiger partial charge < -0.3 is 0 Å². The Morgan fingerprint density at radius 2 is 2.23 bits per heavy atom. The highest BCUT2D eigenvalue weighted by atomic mass is 127. The molecule has 0 amide bonds. The van der Waals surface area contributed by atoms with E-state index in [4.69, 9.17) is 5.26 Å². The number of pyridine rings is 1. The fraction of sp³-hybridized carbons (Fsp3) is 0.143. The Balaban J connectivity index is 3.46. The van der Waals surface area contributed by atoms with Gasteiger partial charge in [0.25, 0.3) is 6.43 Å². The minimum absolute atomic E-state index is 0.0648. The van der Waals surface area contributed by atoms with E-state index in [1.807, 2.05) is 0 Å². The molecule has 0 saturated carbocycles. The van der Waals surface area contributed by atoms with Crippen LogP contribution in [-0.2, 0) is 0 Å². The molecule has 1 aromatic rings. The minimum Gasteiger partial charge on any atom is -0.248 e. The van der Waals surface area contributed by atoms with Crippen molar-refractivity contribution in [1.82, 2.24) is 4.98 Å². The van der Waals surface area contributed by atoms with Crippen LogP contribution >= 0.6 is 38.5 Å². The number of halogens is 4. The van der Waals surface area contributed by atoms with Gasteiger partial charge in [0, 0.05) is 10.7 Å². The Morgan fingerprint density at radius 3 is 2.62 bits per heavy atom. The zero-order valence-corrected chi connectivity index (χ0v) is 9.80. The number of alkyl halides is 2. The first kappa shape index (κ1) is 10.8. The van der Waals surface area contributed by atoms with Crippen LogP contribution in [0.4, 0.5) is 8.78 Å². The lowest BCUT2D eigenvalue weighted by atomic mass is 10.2. The Bertz CT molecular complexity index is 375. The summed E-state index contributed by atoms with van der Waals surface area (Å²) in [5, 5.41) is 8.62. The maximum absolute atomic E-state index is 12.4.